The summed E-state index contributed by atoms with van der Waals surface area (Å²) in [6.07, 6.45) is -3.25. The lowest BCUT2D eigenvalue weighted by molar-refractivity contribution is -0.131. The summed E-state index contributed by atoms with van der Waals surface area (Å²) in [5.74, 6) is 0. The van der Waals surface area contributed by atoms with E-state index >= 15 is 0 Å². The second kappa shape index (κ2) is 6.30. The molecule has 0 amide bonds. The van der Waals surface area contributed by atoms with Crippen LogP contribution in [0.4, 0.5) is 0 Å². The minimum absolute atomic E-state index is 0.0552. The number of aliphatic hydroxyl groups excluding tert-OH is 3. The molecule has 22 heavy (non-hydrogen) atoms. The van der Waals surface area contributed by atoms with Gasteiger partial charge in [-0.3, -0.25) is 14.3 Å². The number of H-pyrrole nitrogens is 1. The highest BCUT2D eigenvalue weighted by atomic mass is 16.6. The van der Waals surface area contributed by atoms with Crippen molar-refractivity contribution in [3.63, 3.8) is 0 Å². The van der Waals surface area contributed by atoms with E-state index in [0.29, 0.717) is 0 Å². The molecule has 0 unspecified atom stereocenters. The average Bonchev–Trinajstić information content (AvgIpc) is 2.73. The van der Waals surface area contributed by atoms with Crippen molar-refractivity contribution in [1.82, 2.24) is 9.55 Å². The quantitative estimate of drug-likeness (QED) is 0.284. The van der Waals surface area contributed by atoms with Gasteiger partial charge in [-0.2, -0.15) is 0 Å². The smallest absolute Gasteiger partial charge is 0.330 e. The zero-order valence-corrected chi connectivity index (χ0v) is 11.4. The van der Waals surface area contributed by atoms with Crippen LogP contribution in [0.3, 0.4) is 0 Å². The Hall–Kier alpha value is -2.17. The van der Waals surface area contributed by atoms with Crippen LogP contribution in [0.2, 0.25) is 0 Å². The van der Waals surface area contributed by atoms with Crippen molar-refractivity contribution < 1.29 is 20.1 Å². The molecular weight excluding hydrogens is 298 g/mol. The van der Waals surface area contributed by atoms with Gasteiger partial charge in [-0.05, 0) is 12.0 Å². The van der Waals surface area contributed by atoms with Crippen LogP contribution in [0.5, 0.6) is 0 Å². The number of aromatic amines is 1. The third-order valence-electron chi connectivity index (χ3n) is 3.60. The zero-order chi connectivity index (χ0) is 16.3. The summed E-state index contributed by atoms with van der Waals surface area (Å²) in [4.78, 5) is 27.4. The topological polar surface area (TPSA) is 174 Å². The Morgan fingerprint density at radius 3 is 2.82 bits per heavy atom. The standard InChI is InChI=1S/C11H15N5O6/c12-15-13-3-2-11(5-17)8(20)7(19)9(22-11)16-4-1-6(18)14-10(16)21/h1,4,7-9,17,19-20H,2-3,5H2,(H,14,18,21)/t7-,8+,9+,11+/m0/s1. The third kappa shape index (κ3) is 2.75. The summed E-state index contributed by atoms with van der Waals surface area (Å²) in [7, 11) is 0. The first-order chi connectivity index (χ1) is 10.4. The van der Waals surface area contributed by atoms with Crippen LogP contribution in [0.1, 0.15) is 12.6 Å². The Morgan fingerprint density at radius 1 is 1.50 bits per heavy atom. The second-order valence-electron chi connectivity index (χ2n) is 4.89. The van der Waals surface area contributed by atoms with E-state index in [0.717, 1.165) is 16.8 Å². The van der Waals surface area contributed by atoms with Crippen molar-refractivity contribution in [1.29, 1.82) is 0 Å². The normalized spacial score (nSPS) is 31.0. The lowest BCUT2D eigenvalue weighted by Crippen LogP contribution is -2.46. The zero-order valence-electron chi connectivity index (χ0n) is 11.4. The number of azide groups is 1. The van der Waals surface area contributed by atoms with Crippen molar-refractivity contribution in [2.24, 2.45) is 5.11 Å². The van der Waals surface area contributed by atoms with E-state index in [2.05, 4.69) is 10.0 Å². The summed E-state index contributed by atoms with van der Waals surface area (Å²) in [6, 6.07) is 1.06. The lowest BCUT2D eigenvalue weighted by Gasteiger charge is -2.29. The van der Waals surface area contributed by atoms with E-state index in [1.807, 2.05) is 4.98 Å². The van der Waals surface area contributed by atoms with Gasteiger partial charge in [0.2, 0.25) is 0 Å². The molecule has 0 spiro atoms. The molecule has 0 saturated carbocycles. The summed E-state index contributed by atoms with van der Waals surface area (Å²) in [6.45, 7) is -0.727. The number of nitrogens with zero attached hydrogens (tertiary/aromatic N) is 4. The molecule has 1 aromatic heterocycles. The Bertz CT molecular complexity index is 695. The molecule has 0 radical (unpaired) electrons. The molecule has 1 aromatic rings. The van der Waals surface area contributed by atoms with Crippen LogP contribution < -0.4 is 11.2 Å². The summed E-state index contributed by atoms with van der Waals surface area (Å²) in [5, 5.41) is 33.0. The molecule has 2 rings (SSSR count). The van der Waals surface area contributed by atoms with Crippen molar-refractivity contribution in [2.45, 2.75) is 30.5 Å². The van der Waals surface area contributed by atoms with E-state index in [9.17, 15) is 24.9 Å². The van der Waals surface area contributed by atoms with Gasteiger partial charge in [-0.1, -0.05) is 5.11 Å². The highest BCUT2D eigenvalue weighted by molar-refractivity contribution is 5.02. The number of rotatable bonds is 5. The largest absolute Gasteiger partial charge is 0.393 e. The van der Waals surface area contributed by atoms with Gasteiger partial charge in [0.1, 0.15) is 17.8 Å². The van der Waals surface area contributed by atoms with E-state index in [4.69, 9.17) is 10.3 Å². The maximum Gasteiger partial charge on any atom is 0.330 e. The van der Waals surface area contributed by atoms with Crippen LogP contribution in [0.25, 0.3) is 10.4 Å². The van der Waals surface area contributed by atoms with Gasteiger partial charge < -0.3 is 20.1 Å². The second-order valence-corrected chi connectivity index (χ2v) is 4.89. The first-order valence-corrected chi connectivity index (χ1v) is 6.42. The summed E-state index contributed by atoms with van der Waals surface area (Å²) >= 11 is 0. The lowest BCUT2D eigenvalue weighted by atomic mass is 9.92. The predicted octanol–water partition coefficient (Wildman–Crippen LogP) is -1.78. The van der Waals surface area contributed by atoms with E-state index in [1.165, 1.54) is 0 Å². The summed E-state index contributed by atoms with van der Waals surface area (Å²) in [5.41, 5.74) is 5.25. The summed E-state index contributed by atoms with van der Waals surface area (Å²) < 4.78 is 6.39. The number of hydrogen-bond donors (Lipinski definition) is 4. The van der Waals surface area contributed by atoms with Gasteiger partial charge in [0.05, 0.1) is 6.61 Å². The fraction of sp³-hybridized carbons (Fsp3) is 0.636. The van der Waals surface area contributed by atoms with Crippen LogP contribution in [0.15, 0.2) is 27.0 Å². The van der Waals surface area contributed by atoms with E-state index < -0.39 is 41.9 Å². The van der Waals surface area contributed by atoms with Gasteiger partial charge in [0.25, 0.3) is 5.56 Å². The van der Waals surface area contributed by atoms with Crippen molar-refractivity contribution in [3.8, 4) is 0 Å². The van der Waals surface area contributed by atoms with Gasteiger partial charge in [-0.15, -0.1) is 0 Å². The fourth-order valence-electron chi connectivity index (χ4n) is 2.40. The average molecular weight is 313 g/mol. The van der Waals surface area contributed by atoms with Gasteiger partial charge >= 0.3 is 5.69 Å². The molecule has 11 nitrogen and oxygen atoms in total. The highest BCUT2D eigenvalue weighted by Crippen LogP contribution is 2.38. The number of hydrogen-bond acceptors (Lipinski definition) is 7. The monoisotopic (exact) mass is 313 g/mol. The SMILES string of the molecule is [N-]=[N+]=NCC[C@]1(CO)O[C@@H](n2ccc(=O)[nH]c2=O)[C@@H](O)[C@H]1O. The molecule has 4 N–H and O–H groups in total. The van der Waals surface area contributed by atoms with Crippen LogP contribution in [-0.2, 0) is 4.74 Å². The number of aliphatic hydroxyl groups is 3. The molecule has 4 atom stereocenters. The molecule has 2 heterocycles. The van der Waals surface area contributed by atoms with E-state index in [1.54, 1.807) is 0 Å². The van der Waals surface area contributed by atoms with Gasteiger partial charge in [0, 0.05) is 23.7 Å². The Labute approximate surface area is 123 Å². The Kier molecular flexibility index (Phi) is 4.64. The molecule has 0 aliphatic carbocycles. The molecule has 1 saturated heterocycles. The number of nitrogens with one attached hydrogen (secondary N) is 1. The Balaban J connectivity index is 2.34. The molecule has 1 fully saturated rings. The highest BCUT2D eigenvalue weighted by Gasteiger charge is 2.54. The van der Waals surface area contributed by atoms with Crippen molar-refractivity contribution in [2.75, 3.05) is 13.2 Å². The molecule has 120 valence electrons. The molecule has 1 aliphatic rings. The molecule has 0 bridgehead atoms. The van der Waals surface area contributed by atoms with Crippen molar-refractivity contribution >= 4 is 0 Å². The first kappa shape index (κ1) is 16.2. The van der Waals surface area contributed by atoms with Crippen LogP contribution in [-0.4, -0.2) is 55.8 Å². The minimum Gasteiger partial charge on any atom is -0.393 e. The van der Waals surface area contributed by atoms with Crippen molar-refractivity contribution in [3.05, 3.63) is 43.5 Å². The third-order valence-corrected chi connectivity index (χ3v) is 3.60. The molecule has 0 aromatic carbocycles. The molecule has 11 heteroatoms. The maximum absolute atomic E-state index is 11.7. The molecule has 1 aliphatic heterocycles. The molecular formula is C11H15N5O6. The predicted molar refractivity (Wildman–Crippen MR) is 71.9 cm³/mol. The minimum atomic E-state index is -1.58. The fourth-order valence-corrected chi connectivity index (χ4v) is 2.40. The van der Waals surface area contributed by atoms with Gasteiger partial charge in [0.15, 0.2) is 6.23 Å². The number of ether oxygens (including phenoxy) is 1. The first-order valence-electron chi connectivity index (χ1n) is 6.42. The van der Waals surface area contributed by atoms with Crippen LogP contribution in [0, 0.1) is 0 Å². The van der Waals surface area contributed by atoms with Gasteiger partial charge in [-0.25, -0.2) is 4.79 Å². The van der Waals surface area contributed by atoms with Crippen LogP contribution >= 0.6 is 0 Å². The Morgan fingerprint density at radius 2 is 2.23 bits per heavy atom. The van der Waals surface area contributed by atoms with E-state index in [-0.39, 0.29) is 13.0 Å². The number of aromatic nitrogens is 2. The maximum atomic E-state index is 11.7.